The van der Waals surface area contributed by atoms with Crippen LogP contribution in [0.5, 0.6) is 5.75 Å². The number of morpholine rings is 1. The average molecular weight is 580 g/mol. The molecule has 0 aromatic heterocycles. The molecule has 0 atom stereocenters. The third-order valence-corrected chi connectivity index (χ3v) is 7.04. The molecule has 0 spiro atoms. The van der Waals surface area contributed by atoms with E-state index < -0.39 is 0 Å². The van der Waals surface area contributed by atoms with Crippen molar-refractivity contribution in [1.82, 2.24) is 0 Å². The molecule has 1 aliphatic rings. The standard InChI is InChI=1S/C28H24Br2N2O2/c29-26-16-20(18-31-23-8-10-24(11-9-23)32-12-14-33-15-13-32)17-27(30)28(26)34-19-22-6-3-5-21-4-1-2-7-25(21)22/h1-11,16-18H,12-15,19H2. The van der Waals surface area contributed by atoms with Crippen LogP contribution in [0.2, 0.25) is 0 Å². The molecule has 0 N–H and O–H groups in total. The van der Waals surface area contributed by atoms with Gasteiger partial charge in [-0.3, -0.25) is 4.99 Å². The molecule has 1 aliphatic heterocycles. The number of aliphatic imine (C=N–C) groups is 1. The Kier molecular flexibility index (Phi) is 7.28. The van der Waals surface area contributed by atoms with Gasteiger partial charge in [-0.1, -0.05) is 42.5 Å². The Hall–Kier alpha value is -2.67. The van der Waals surface area contributed by atoms with Crippen molar-refractivity contribution in [2.45, 2.75) is 6.61 Å². The molecule has 34 heavy (non-hydrogen) atoms. The zero-order chi connectivity index (χ0) is 23.3. The van der Waals surface area contributed by atoms with Crippen LogP contribution in [0.3, 0.4) is 0 Å². The lowest BCUT2D eigenvalue weighted by Crippen LogP contribution is -2.36. The summed E-state index contributed by atoms with van der Waals surface area (Å²) in [4.78, 5) is 6.99. The van der Waals surface area contributed by atoms with E-state index in [0.717, 1.165) is 57.8 Å². The van der Waals surface area contributed by atoms with Crippen LogP contribution < -0.4 is 9.64 Å². The summed E-state index contributed by atoms with van der Waals surface area (Å²) in [6.45, 7) is 3.91. The van der Waals surface area contributed by atoms with E-state index in [0.29, 0.717) is 6.61 Å². The van der Waals surface area contributed by atoms with Gasteiger partial charge >= 0.3 is 0 Å². The maximum atomic E-state index is 6.20. The van der Waals surface area contributed by atoms with Crippen LogP contribution in [0, 0.1) is 0 Å². The Labute approximate surface area is 216 Å². The fourth-order valence-corrected chi connectivity index (χ4v) is 5.53. The summed E-state index contributed by atoms with van der Waals surface area (Å²) in [5, 5.41) is 2.42. The first-order valence-electron chi connectivity index (χ1n) is 11.2. The molecule has 0 bridgehead atoms. The van der Waals surface area contributed by atoms with E-state index in [1.54, 1.807) is 0 Å². The molecule has 1 saturated heterocycles. The predicted molar refractivity (Wildman–Crippen MR) is 147 cm³/mol. The van der Waals surface area contributed by atoms with Crippen molar-refractivity contribution in [3.05, 3.63) is 98.9 Å². The lowest BCUT2D eigenvalue weighted by molar-refractivity contribution is 0.122. The van der Waals surface area contributed by atoms with Crippen molar-refractivity contribution < 1.29 is 9.47 Å². The second kappa shape index (κ2) is 10.7. The Balaban J connectivity index is 1.27. The van der Waals surface area contributed by atoms with E-state index in [2.05, 4.69) is 96.3 Å². The van der Waals surface area contributed by atoms with Gasteiger partial charge in [0, 0.05) is 25.0 Å². The molecule has 0 aliphatic carbocycles. The number of anilines is 1. The van der Waals surface area contributed by atoms with Crippen LogP contribution >= 0.6 is 31.9 Å². The summed E-state index contributed by atoms with van der Waals surface area (Å²) in [6.07, 6.45) is 1.87. The molecule has 172 valence electrons. The predicted octanol–water partition coefficient (Wildman–Crippen LogP) is 7.53. The van der Waals surface area contributed by atoms with Crippen LogP contribution in [0.25, 0.3) is 10.8 Å². The normalized spacial score (nSPS) is 14.1. The highest BCUT2D eigenvalue weighted by molar-refractivity contribution is 9.11. The van der Waals surface area contributed by atoms with Crippen molar-refractivity contribution in [2.75, 3.05) is 31.2 Å². The van der Waals surface area contributed by atoms with Gasteiger partial charge in [-0.25, -0.2) is 0 Å². The molecular formula is C28H24Br2N2O2. The molecular weight excluding hydrogens is 556 g/mol. The molecule has 4 aromatic carbocycles. The molecule has 4 nitrogen and oxygen atoms in total. The topological polar surface area (TPSA) is 34.1 Å². The van der Waals surface area contributed by atoms with Crippen molar-refractivity contribution in [3.63, 3.8) is 0 Å². The number of hydrogen-bond acceptors (Lipinski definition) is 4. The minimum Gasteiger partial charge on any atom is -0.487 e. The number of ether oxygens (including phenoxy) is 2. The minimum absolute atomic E-state index is 0.488. The molecule has 1 heterocycles. The maximum absolute atomic E-state index is 6.20. The van der Waals surface area contributed by atoms with Crippen LogP contribution in [0.4, 0.5) is 11.4 Å². The molecule has 5 rings (SSSR count). The summed E-state index contributed by atoms with van der Waals surface area (Å²) in [6, 6.07) is 27.0. The highest BCUT2D eigenvalue weighted by Gasteiger charge is 2.12. The average Bonchev–Trinajstić information content (AvgIpc) is 2.88. The minimum atomic E-state index is 0.488. The SMILES string of the molecule is Brc1cc(C=Nc2ccc(N3CCOCC3)cc2)cc(Br)c1OCc1cccc2ccccc12. The maximum Gasteiger partial charge on any atom is 0.148 e. The quantitative estimate of drug-likeness (QED) is 0.221. The van der Waals surface area contributed by atoms with Crippen LogP contribution in [0.1, 0.15) is 11.1 Å². The lowest BCUT2D eigenvalue weighted by atomic mass is 10.1. The zero-order valence-corrected chi connectivity index (χ0v) is 21.8. The Morgan fingerprint density at radius 3 is 2.35 bits per heavy atom. The van der Waals surface area contributed by atoms with Crippen molar-refractivity contribution in [2.24, 2.45) is 4.99 Å². The molecule has 1 fully saturated rings. The van der Waals surface area contributed by atoms with Gasteiger partial charge in [0.15, 0.2) is 0 Å². The van der Waals surface area contributed by atoms with E-state index >= 15 is 0 Å². The Bertz CT molecular complexity index is 1290. The van der Waals surface area contributed by atoms with Crippen molar-refractivity contribution in [3.8, 4) is 5.75 Å². The number of rotatable bonds is 6. The van der Waals surface area contributed by atoms with E-state index in [9.17, 15) is 0 Å². The van der Waals surface area contributed by atoms with Crippen LogP contribution in [0.15, 0.2) is 92.8 Å². The molecule has 0 radical (unpaired) electrons. The fraction of sp³-hybridized carbons (Fsp3) is 0.179. The third kappa shape index (κ3) is 5.35. The van der Waals surface area contributed by atoms with Gasteiger partial charge in [-0.05, 0) is 90.2 Å². The second-order valence-corrected chi connectivity index (χ2v) is 9.82. The van der Waals surface area contributed by atoms with Gasteiger partial charge in [-0.2, -0.15) is 0 Å². The van der Waals surface area contributed by atoms with E-state index in [1.165, 1.54) is 16.5 Å². The third-order valence-electron chi connectivity index (χ3n) is 5.86. The first-order valence-corrected chi connectivity index (χ1v) is 12.8. The number of nitrogens with zero attached hydrogens (tertiary/aromatic N) is 2. The number of benzene rings is 4. The second-order valence-electron chi connectivity index (χ2n) is 8.11. The van der Waals surface area contributed by atoms with Gasteiger partial charge in [0.05, 0.1) is 27.8 Å². The summed E-state index contributed by atoms with van der Waals surface area (Å²) in [5.41, 5.74) is 4.26. The Morgan fingerprint density at radius 2 is 1.59 bits per heavy atom. The number of hydrogen-bond donors (Lipinski definition) is 0. The highest BCUT2D eigenvalue weighted by Crippen LogP contribution is 2.35. The number of halogens is 2. The van der Waals surface area contributed by atoms with Crippen LogP contribution in [-0.4, -0.2) is 32.5 Å². The van der Waals surface area contributed by atoms with Gasteiger partial charge in [0.1, 0.15) is 12.4 Å². The van der Waals surface area contributed by atoms with Crippen molar-refractivity contribution >= 4 is 60.2 Å². The molecule has 6 heteroatoms. The highest BCUT2D eigenvalue weighted by atomic mass is 79.9. The van der Waals surface area contributed by atoms with Gasteiger partial charge in [0.2, 0.25) is 0 Å². The molecule has 0 unspecified atom stereocenters. The lowest BCUT2D eigenvalue weighted by Gasteiger charge is -2.28. The van der Waals surface area contributed by atoms with Gasteiger partial charge in [0.25, 0.3) is 0 Å². The van der Waals surface area contributed by atoms with E-state index in [4.69, 9.17) is 9.47 Å². The van der Waals surface area contributed by atoms with E-state index in [1.807, 2.05) is 30.5 Å². The smallest absolute Gasteiger partial charge is 0.148 e. The summed E-state index contributed by atoms with van der Waals surface area (Å²) in [7, 11) is 0. The van der Waals surface area contributed by atoms with Crippen LogP contribution in [-0.2, 0) is 11.3 Å². The van der Waals surface area contributed by atoms with Crippen molar-refractivity contribution in [1.29, 1.82) is 0 Å². The summed E-state index contributed by atoms with van der Waals surface area (Å²) in [5.74, 6) is 0.778. The van der Waals surface area contributed by atoms with E-state index in [-0.39, 0.29) is 0 Å². The molecule has 0 amide bonds. The van der Waals surface area contributed by atoms with Gasteiger partial charge in [-0.15, -0.1) is 0 Å². The first-order chi connectivity index (χ1) is 16.7. The first kappa shape index (κ1) is 23.1. The number of fused-ring (bicyclic) bond motifs is 1. The monoisotopic (exact) mass is 578 g/mol. The largest absolute Gasteiger partial charge is 0.487 e. The summed E-state index contributed by atoms with van der Waals surface area (Å²) >= 11 is 7.34. The molecule has 0 saturated carbocycles. The van der Waals surface area contributed by atoms with Gasteiger partial charge < -0.3 is 14.4 Å². The summed E-state index contributed by atoms with van der Waals surface area (Å²) < 4.78 is 13.4. The zero-order valence-electron chi connectivity index (χ0n) is 18.6. The Morgan fingerprint density at radius 1 is 0.882 bits per heavy atom. The fourth-order valence-electron chi connectivity index (χ4n) is 4.08. The molecule has 4 aromatic rings.